The van der Waals surface area contributed by atoms with Gasteiger partial charge in [-0.15, -0.1) is 0 Å². The Morgan fingerprint density at radius 2 is 1.84 bits per heavy atom. The van der Waals surface area contributed by atoms with E-state index in [0.717, 1.165) is 31.4 Å². The number of esters is 1. The minimum absolute atomic E-state index is 0.0275. The minimum Gasteiger partial charge on any atom is -0.486 e. The number of carbonyl (C=O) groups is 2. The summed E-state index contributed by atoms with van der Waals surface area (Å²) in [6, 6.07) is 5.45. The van der Waals surface area contributed by atoms with Gasteiger partial charge in [-0.2, -0.15) is 0 Å². The molecule has 2 fully saturated rings. The zero-order valence-electron chi connectivity index (χ0n) is 14.2. The molecule has 1 saturated heterocycles. The van der Waals surface area contributed by atoms with Gasteiger partial charge in [0.25, 0.3) is 0 Å². The van der Waals surface area contributed by atoms with Crippen molar-refractivity contribution >= 4 is 17.6 Å². The van der Waals surface area contributed by atoms with E-state index in [-0.39, 0.29) is 30.3 Å². The first kappa shape index (κ1) is 16.2. The molecule has 2 heterocycles. The molecule has 1 atom stereocenters. The zero-order chi connectivity index (χ0) is 17.2. The number of amides is 1. The third-order valence-corrected chi connectivity index (χ3v) is 5.13. The average molecular weight is 345 g/mol. The second-order valence-electron chi connectivity index (χ2n) is 6.93. The molecule has 0 N–H and O–H groups in total. The molecule has 1 aliphatic carbocycles. The van der Waals surface area contributed by atoms with Gasteiger partial charge in [0.2, 0.25) is 5.91 Å². The molecule has 1 aromatic carbocycles. The van der Waals surface area contributed by atoms with E-state index in [4.69, 9.17) is 14.2 Å². The van der Waals surface area contributed by atoms with Gasteiger partial charge >= 0.3 is 5.97 Å². The van der Waals surface area contributed by atoms with Crippen molar-refractivity contribution in [1.29, 1.82) is 0 Å². The summed E-state index contributed by atoms with van der Waals surface area (Å²) in [7, 11) is 0. The molecule has 25 heavy (non-hydrogen) atoms. The van der Waals surface area contributed by atoms with Crippen molar-refractivity contribution in [3.05, 3.63) is 18.2 Å². The standard InChI is InChI=1S/C19H23NO5/c21-18-10-13(19(22)25-15-4-2-1-3-5-15)12-20(18)14-6-7-16-17(11-14)24-9-8-23-16/h6-7,11,13,15H,1-5,8-10,12H2/t13-/m1/s1. The fraction of sp³-hybridized carbons (Fsp3) is 0.579. The number of hydrogen-bond donors (Lipinski definition) is 0. The van der Waals surface area contributed by atoms with E-state index in [1.165, 1.54) is 6.42 Å². The molecule has 0 spiro atoms. The van der Waals surface area contributed by atoms with Gasteiger partial charge < -0.3 is 19.1 Å². The van der Waals surface area contributed by atoms with E-state index in [9.17, 15) is 9.59 Å². The zero-order valence-corrected chi connectivity index (χ0v) is 14.2. The maximum atomic E-state index is 12.4. The number of anilines is 1. The van der Waals surface area contributed by atoms with Gasteiger partial charge in [-0.05, 0) is 37.8 Å². The summed E-state index contributed by atoms with van der Waals surface area (Å²) in [6.45, 7) is 1.40. The lowest BCUT2D eigenvalue weighted by Crippen LogP contribution is -2.29. The lowest BCUT2D eigenvalue weighted by molar-refractivity contribution is -0.155. The van der Waals surface area contributed by atoms with Crippen LogP contribution in [-0.4, -0.2) is 37.7 Å². The van der Waals surface area contributed by atoms with E-state index in [0.29, 0.717) is 31.3 Å². The molecule has 0 unspecified atom stereocenters. The molecule has 0 aromatic heterocycles. The highest BCUT2D eigenvalue weighted by molar-refractivity contribution is 5.99. The normalized spacial score (nSPS) is 23.6. The van der Waals surface area contributed by atoms with Crippen LogP contribution in [0, 0.1) is 5.92 Å². The van der Waals surface area contributed by atoms with Crippen molar-refractivity contribution in [1.82, 2.24) is 0 Å². The monoisotopic (exact) mass is 345 g/mol. The van der Waals surface area contributed by atoms with Crippen LogP contribution in [0.15, 0.2) is 18.2 Å². The van der Waals surface area contributed by atoms with E-state index in [2.05, 4.69) is 0 Å². The van der Waals surface area contributed by atoms with Gasteiger partial charge in [0, 0.05) is 24.7 Å². The topological polar surface area (TPSA) is 65.1 Å². The summed E-state index contributed by atoms with van der Waals surface area (Å²) in [4.78, 5) is 26.5. The van der Waals surface area contributed by atoms with E-state index >= 15 is 0 Å². The van der Waals surface area contributed by atoms with Crippen LogP contribution in [0.25, 0.3) is 0 Å². The Bertz CT molecular complexity index is 668. The maximum absolute atomic E-state index is 12.4. The fourth-order valence-electron chi connectivity index (χ4n) is 3.76. The largest absolute Gasteiger partial charge is 0.486 e. The second kappa shape index (κ2) is 6.94. The molecule has 0 radical (unpaired) electrons. The van der Waals surface area contributed by atoms with Crippen molar-refractivity contribution < 1.29 is 23.8 Å². The van der Waals surface area contributed by atoms with Gasteiger partial charge in [-0.3, -0.25) is 9.59 Å². The van der Waals surface area contributed by atoms with Crippen molar-refractivity contribution in [2.45, 2.75) is 44.6 Å². The average Bonchev–Trinajstić information content (AvgIpc) is 3.04. The fourth-order valence-corrected chi connectivity index (χ4v) is 3.76. The summed E-state index contributed by atoms with van der Waals surface area (Å²) in [5, 5.41) is 0. The van der Waals surface area contributed by atoms with Gasteiger partial charge in [0.15, 0.2) is 11.5 Å². The van der Waals surface area contributed by atoms with Crippen LogP contribution in [0.3, 0.4) is 0 Å². The Labute approximate surface area is 147 Å². The minimum atomic E-state index is -0.386. The van der Waals surface area contributed by atoms with Crippen LogP contribution < -0.4 is 14.4 Å². The van der Waals surface area contributed by atoms with Crippen molar-refractivity contribution in [3.8, 4) is 11.5 Å². The quantitative estimate of drug-likeness (QED) is 0.788. The maximum Gasteiger partial charge on any atom is 0.311 e. The lowest BCUT2D eigenvalue weighted by atomic mass is 9.97. The molecule has 0 bridgehead atoms. The predicted molar refractivity (Wildman–Crippen MR) is 90.9 cm³/mol. The molecule has 6 nitrogen and oxygen atoms in total. The summed E-state index contributed by atoms with van der Waals surface area (Å²) >= 11 is 0. The molecule has 3 aliphatic rings. The number of nitrogens with zero attached hydrogens (tertiary/aromatic N) is 1. The molecule has 1 aromatic rings. The highest BCUT2D eigenvalue weighted by atomic mass is 16.6. The predicted octanol–water partition coefficient (Wildman–Crippen LogP) is 2.69. The van der Waals surface area contributed by atoms with Gasteiger partial charge in [-0.25, -0.2) is 0 Å². The Kier molecular flexibility index (Phi) is 4.51. The Balaban J connectivity index is 1.42. The highest BCUT2D eigenvalue weighted by Gasteiger charge is 2.37. The molecule has 134 valence electrons. The van der Waals surface area contributed by atoms with Crippen molar-refractivity contribution in [2.24, 2.45) is 5.92 Å². The summed E-state index contributed by atoms with van der Waals surface area (Å²) in [5.74, 6) is 0.657. The summed E-state index contributed by atoms with van der Waals surface area (Å²) in [5.41, 5.74) is 0.738. The molecule has 4 rings (SSSR count). The first-order valence-electron chi connectivity index (χ1n) is 9.11. The van der Waals surface area contributed by atoms with Gasteiger partial charge in [0.1, 0.15) is 19.3 Å². The highest BCUT2D eigenvalue weighted by Crippen LogP contribution is 2.36. The molecule has 1 amide bonds. The first-order valence-corrected chi connectivity index (χ1v) is 9.11. The second-order valence-corrected chi connectivity index (χ2v) is 6.93. The number of ether oxygens (including phenoxy) is 3. The van der Waals surface area contributed by atoms with Crippen LogP contribution >= 0.6 is 0 Å². The Morgan fingerprint density at radius 1 is 1.08 bits per heavy atom. The smallest absolute Gasteiger partial charge is 0.311 e. The number of rotatable bonds is 3. The third-order valence-electron chi connectivity index (χ3n) is 5.13. The Hall–Kier alpha value is -2.24. The van der Waals surface area contributed by atoms with Gasteiger partial charge in [-0.1, -0.05) is 6.42 Å². The Morgan fingerprint density at radius 3 is 2.64 bits per heavy atom. The molecular formula is C19H23NO5. The van der Waals surface area contributed by atoms with Crippen molar-refractivity contribution in [3.63, 3.8) is 0 Å². The van der Waals surface area contributed by atoms with Crippen LogP contribution in [0.4, 0.5) is 5.69 Å². The van der Waals surface area contributed by atoms with Crippen molar-refractivity contribution in [2.75, 3.05) is 24.7 Å². The van der Waals surface area contributed by atoms with Crippen LogP contribution in [0.5, 0.6) is 11.5 Å². The number of carbonyl (C=O) groups excluding carboxylic acids is 2. The summed E-state index contributed by atoms with van der Waals surface area (Å²) < 4.78 is 16.7. The van der Waals surface area contributed by atoms with E-state index < -0.39 is 0 Å². The first-order chi connectivity index (χ1) is 12.2. The molecule has 2 aliphatic heterocycles. The van der Waals surface area contributed by atoms with Crippen LogP contribution in [-0.2, 0) is 14.3 Å². The number of benzene rings is 1. The third kappa shape index (κ3) is 3.43. The molecule has 1 saturated carbocycles. The number of hydrogen-bond acceptors (Lipinski definition) is 5. The molecule has 6 heteroatoms. The van der Waals surface area contributed by atoms with E-state index in [1.807, 2.05) is 12.1 Å². The lowest BCUT2D eigenvalue weighted by Gasteiger charge is -2.24. The molecular weight excluding hydrogens is 322 g/mol. The summed E-state index contributed by atoms with van der Waals surface area (Å²) in [6.07, 6.45) is 5.57. The van der Waals surface area contributed by atoms with Crippen LogP contribution in [0.2, 0.25) is 0 Å². The van der Waals surface area contributed by atoms with Crippen LogP contribution in [0.1, 0.15) is 38.5 Å². The van der Waals surface area contributed by atoms with E-state index in [1.54, 1.807) is 11.0 Å². The number of fused-ring (bicyclic) bond motifs is 1. The SMILES string of the molecule is O=C(OC1CCCCC1)[C@@H]1CC(=O)N(c2ccc3c(c2)OCCO3)C1. The van der Waals surface area contributed by atoms with Gasteiger partial charge in [0.05, 0.1) is 5.92 Å².